The Hall–Kier alpha value is -2.34. The van der Waals surface area contributed by atoms with E-state index in [0.717, 1.165) is 29.8 Å². The summed E-state index contributed by atoms with van der Waals surface area (Å²) in [6.45, 7) is 3.81. The molecule has 0 spiro atoms. The molecule has 100 valence electrons. The Labute approximate surface area is 118 Å². The highest BCUT2D eigenvalue weighted by molar-refractivity contribution is 5.48. The van der Waals surface area contributed by atoms with E-state index < -0.39 is 0 Å². The van der Waals surface area contributed by atoms with Gasteiger partial charge in [-0.3, -0.25) is 0 Å². The molecule has 0 saturated carbocycles. The number of hydrogen-bond donors (Lipinski definition) is 0. The molecule has 0 aliphatic heterocycles. The van der Waals surface area contributed by atoms with Crippen LogP contribution in [0.3, 0.4) is 0 Å². The molecule has 3 nitrogen and oxygen atoms in total. The predicted molar refractivity (Wildman–Crippen MR) is 77.0 cm³/mol. The fourth-order valence-corrected chi connectivity index (χ4v) is 2.74. The van der Waals surface area contributed by atoms with Crippen LogP contribution in [0.5, 0.6) is 11.6 Å². The number of benzene rings is 1. The van der Waals surface area contributed by atoms with Gasteiger partial charge in [0.1, 0.15) is 17.4 Å². The van der Waals surface area contributed by atoms with E-state index in [2.05, 4.69) is 23.2 Å². The summed E-state index contributed by atoms with van der Waals surface area (Å²) < 4.78 is 5.85. The summed E-state index contributed by atoms with van der Waals surface area (Å²) >= 11 is 0. The van der Waals surface area contributed by atoms with Crippen molar-refractivity contribution in [2.24, 2.45) is 0 Å². The van der Waals surface area contributed by atoms with Crippen LogP contribution in [0.2, 0.25) is 0 Å². The van der Waals surface area contributed by atoms with E-state index in [1.54, 1.807) is 0 Å². The molecule has 3 heteroatoms. The molecule has 1 heterocycles. The molecule has 0 amide bonds. The molecule has 0 unspecified atom stereocenters. The quantitative estimate of drug-likeness (QED) is 0.827. The Balaban J connectivity index is 1.97. The number of pyridine rings is 1. The Bertz CT molecular complexity index is 714. The maximum absolute atomic E-state index is 9.25. The minimum absolute atomic E-state index is 0.406. The molecule has 1 aromatic carbocycles. The van der Waals surface area contributed by atoms with Crippen molar-refractivity contribution in [1.29, 1.82) is 5.26 Å². The van der Waals surface area contributed by atoms with Crippen LogP contribution < -0.4 is 4.74 Å². The third-order valence-corrected chi connectivity index (χ3v) is 3.71. The summed E-state index contributed by atoms with van der Waals surface area (Å²) in [5.74, 6) is 1.17. The van der Waals surface area contributed by atoms with Crippen LogP contribution in [0.1, 0.15) is 34.4 Å². The van der Waals surface area contributed by atoms with Crippen LogP contribution in [-0.4, -0.2) is 4.98 Å². The zero-order valence-electron chi connectivity index (χ0n) is 11.7. The fraction of sp³-hybridized carbons (Fsp3) is 0.294. The molecule has 1 aliphatic carbocycles. The summed E-state index contributed by atoms with van der Waals surface area (Å²) in [5, 5.41) is 9.25. The number of aryl methyl sites for hydroxylation is 4. The smallest absolute Gasteiger partial charge is 0.237 e. The Morgan fingerprint density at radius 2 is 1.95 bits per heavy atom. The number of ether oxygens (including phenoxy) is 1. The third-order valence-electron chi connectivity index (χ3n) is 3.71. The van der Waals surface area contributed by atoms with Crippen LogP contribution in [0, 0.1) is 25.2 Å². The number of fused-ring (bicyclic) bond motifs is 1. The first-order chi connectivity index (χ1) is 9.67. The van der Waals surface area contributed by atoms with Crippen LogP contribution >= 0.6 is 0 Å². The molecule has 1 aromatic heterocycles. The zero-order valence-corrected chi connectivity index (χ0v) is 11.7. The van der Waals surface area contributed by atoms with Crippen LogP contribution in [-0.2, 0) is 12.8 Å². The van der Waals surface area contributed by atoms with Crippen molar-refractivity contribution < 1.29 is 4.74 Å². The summed E-state index contributed by atoms with van der Waals surface area (Å²) in [4.78, 5) is 4.35. The summed E-state index contributed by atoms with van der Waals surface area (Å²) in [7, 11) is 0. The second-order valence-electron chi connectivity index (χ2n) is 5.26. The van der Waals surface area contributed by atoms with Crippen LogP contribution in [0.4, 0.5) is 0 Å². The SMILES string of the molecule is Cc1cc(C)c(C#N)c(Oc2ccc3c(c2)CCC3)n1. The first-order valence-corrected chi connectivity index (χ1v) is 6.85. The maximum atomic E-state index is 9.25. The number of rotatable bonds is 2. The highest BCUT2D eigenvalue weighted by Crippen LogP contribution is 2.30. The molecule has 0 N–H and O–H groups in total. The Morgan fingerprint density at radius 1 is 1.15 bits per heavy atom. The van der Waals surface area contributed by atoms with Crippen molar-refractivity contribution >= 4 is 0 Å². The van der Waals surface area contributed by atoms with E-state index in [-0.39, 0.29) is 0 Å². The molecule has 0 bridgehead atoms. The van der Waals surface area contributed by atoms with Gasteiger partial charge in [-0.2, -0.15) is 5.26 Å². The summed E-state index contributed by atoms with van der Waals surface area (Å²) in [6.07, 6.45) is 3.48. The van der Waals surface area contributed by atoms with Gasteiger partial charge in [-0.15, -0.1) is 0 Å². The molecular formula is C17H16N2O. The minimum Gasteiger partial charge on any atom is -0.438 e. The van der Waals surface area contributed by atoms with E-state index in [0.29, 0.717) is 11.4 Å². The first-order valence-electron chi connectivity index (χ1n) is 6.85. The second-order valence-corrected chi connectivity index (χ2v) is 5.26. The van der Waals surface area contributed by atoms with Gasteiger partial charge in [0.25, 0.3) is 0 Å². The van der Waals surface area contributed by atoms with Crippen molar-refractivity contribution in [3.8, 4) is 17.7 Å². The van der Waals surface area contributed by atoms with Gasteiger partial charge in [-0.05, 0) is 68.0 Å². The van der Waals surface area contributed by atoms with E-state index in [9.17, 15) is 5.26 Å². The van der Waals surface area contributed by atoms with Crippen LogP contribution in [0.15, 0.2) is 24.3 Å². The van der Waals surface area contributed by atoms with Gasteiger partial charge >= 0.3 is 0 Å². The van der Waals surface area contributed by atoms with Crippen molar-refractivity contribution in [2.45, 2.75) is 33.1 Å². The van der Waals surface area contributed by atoms with Gasteiger partial charge in [0.15, 0.2) is 0 Å². The highest BCUT2D eigenvalue weighted by Gasteiger charge is 2.14. The van der Waals surface area contributed by atoms with Gasteiger partial charge < -0.3 is 4.74 Å². The van der Waals surface area contributed by atoms with Crippen LogP contribution in [0.25, 0.3) is 0 Å². The summed E-state index contributed by atoms with van der Waals surface area (Å²) in [6, 6.07) is 10.2. The molecular weight excluding hydrogens is 248 g/mol. The molecule has 0 atom stereocenters. The van der Waals surface area contributed by atoms with Crippen molar-refractivity contribution in [3.63, 3.8) is 0 Å². The lowest BCUT2D eigenvalue weighted by molar-refractivity contribution is 0.459. The lowest BCUT2D eigenvalue weighted by Gasteiger charge is -2.10. The molecule has 0 fully saturated rings. The van der Waals surface area contributed by atoms with Gasteiger partial charge in [-0.1, -0.05) is 6.07 Å². The van der Waals surface area contributed by atoms with Crippen molar-refractivity contribution in [1.82, 2.24) is 4.98 Å². The average molecular weight is 264 g/mol. The minimum atomic E-state index is 0.406. The van der Waals surface area contributed by atoms with E-state index in [1.165, 1.54) is 17.5 Å². The monoisotopic (exact) mass is 264 g/mol. The Morgan fingerprint density at radius 3 is 2.75 bits per heavy atom. The van der Waals surface area contributed by atoms with Gasteiger partial charge in [0, 0.05) is 5.69 Å². The molecule has 1 aliphatic rings. The molecule has 2 aromatic rings. The zero-order chi connectivity index (χ0) is 14.1. The van der Waals surface area contributed by atoms with Crippen molar-refractivity contribution in [3.05, 3.63) is 52.2 Å². The lowest BCUT2D eigenvalue weighted by atomic mass is 10.1. The molecule has 0 radical (unpaired) electrons. The topological polar surface area (TPSA) is 45.9 Å². The van der Waals surface area contributed by atoms with Crippen molar-refractivity contribution in [2.75, 3.05) is 0 Å². The number of nitriles is 1. The Kier molecular flexibility index (Phi) is 3.15. The molecule has 0 saturated heterocycles. The van der Waals surface area contributed by atoms with E-state index in [1.807, 2.05) is 26.0 Å². The number of aromatic nitrogens is 1. The van der Waals surface area contributed by atoms with Gasteiger partial charge in [-0.25, -0.2) is 4.98 Å². The predicted octanol–water partition coefficient (Wildman–Crippen LogP) is 3.85. The largest absolute Gasteiger partial charge is 0.438 e. The average Bonchev–Trinajstić information content (AvgIpc) is 2.85. The number of hydrogen-bond acceptors (Lipinski definition) is 3. The standard InChI is InChI=1S/C17H16N2O/c1-11-8-12(2)19-17(16(11)10-18)20-15-7-6-13-4-3-5-14(13)9-15/h6-9H,3-5H2,1-2H3. The first kappa shape index (κ1) is 12.7. The second kappa shape index (κ2) is 4.97. The van der Waals surface area contributed by atoms with E-state index in [4.69, 9.17) is 4.74 Å². The highest BCUT2D eigenvalue weighted by atomic mass is 16.5. The third kappa shape index (κ3) is 2.25. The maximum Gasteiger partial charge on any atom is 0.237 e. The summed E-state index contributed by atoms with van der Waals surface area (Å²) in [5.41, 5.74) is 5.03. The van der Waals surface area contributed by atoms with E-state index >= 15 is 0 Å². The molecule has 20 heavy (non-hydrogen) atoms. The molecule has 3 rings (SSSR count). The fourth-order valence-electron chi connectivity index (χ4n) is 2.74. The normalized spacial score (nSPS) is 12.8. The van der Waals surface area contributed by atoms with Gasteiger partial charge in [0.05, 0.1) is 0 Å². The lowest BCUT2D eigenvalue weighted by Crippen LogP contribution is -1.97. The van der Waals surface area contributed by atoms with Gasteiger partial charge in [0.2, 0.25) is 5.88 Å². The number of nitrogens with zero attached hydrogens (tertiary/aromatic N) is 2.